The van der Waals surface area contributed by atoms with E-state index in [4.69, 9.17) is 4.74 Å². The number of aromatic hydroxyl groups is 1. The molecule has 2 aromatic rings. The monoisotopic (exact) mass is 415 g/mol. The summed E-state index contributed by atoms with van der Waals surface area (Å²) in [4.78, 5) is 22.8. The van der Waals surface area contributed by atoms with E-state index in [2.05, 4.69) is 17.1 Å². The number of thioether (sulfide) groups is 1. The van der Waals surface area contributed by atoms with Crippen molar-refractivity contribution in [2.75, 3.05) is 12.4 Å². The highest BCUT2D eigenvalue weighted by Crippen LogP contribution is 2.32. The van der Waals surface area contributed by atoms with Gasteiger partial charge in [-0.05, 0) is 43.2 Å². The van der Waals surface area contributed by atoms with Crippen LogP contribution in [0.4, 0.5) is 5.69 Å². The molecular formula is C20H21N3O5S. The number of nitro groups is 1. The van der Waals surface area contributed by atoms with E-state index >= 15 is 0 Å². The summed E-state index contributed by atoms with van der Waals surface area (Å²) in [5.41, 5.74) is 3.73. The number of phenols is 1. The van der Waals surface area contributed by atoms with E-state index < -0.39 is 4.92 Å². The number of nitrogens with one attached hydrogen (secondary N) is 1. The van der Waals surface area contributed by atoms with Gasteiger partial charge in [-0.15, -0.1) is 18.3 Å². The number of hydrazone groups is 1. The van der Waals surface area contributed by atoms with E-state index in [1.807, 2.05) is 6.92 Å². The molecule has 0 heterocycles. The molecule has 1 amide bonds. The highest BCUT2D eigenvalue weighted by atomic mass is 32.2. The molecule has 0 aliphatic heterocycles. The van der Waals surface area contributed by atoms with Gasteiger partial charge in [0.2, 0.25) is 5.91 Å². The first-order chi connectivity index (χ1) is 13.9. The summed E-state index contributed by atoms with van der Waals surface area (Å²) in [6, 6.07) is 9.33. The molecule has 0 aromatic heterocycles. The van der Waals surface area contributed by atoms with Gasteiger partial charge in [-0.2, -0.15) is 5.10 Å². The van der Waals surface area contributed by atoms with Gasteiger partial charge in [0, 0.05) is 22.6 Å². The van der Waals surface area contributed by atoms with E-state index in [0.717, 1.165) is 4.90 Å². The molecule has 2 N–H and O–H groups in total. The fourth-order valence-electron chi connectivity index (χ4n) is 2.36. The number of benzene rings is 2. The van der Waals surface area contributed by atoms with E-state index in [1.165, 1.54) is 30.1 Å². The van der Waals surface area contributed by atoms with E-state index in [9.17, 15) is 20.0 Å². The molecule has 0 fully saturated rings. The van der Waals surface area contributed by atoms with Crippen LogP contribution >= 0.6 is 11.8 Å². The number of non-ortho nitro benzene ring substituents is 1. The summed E-state index contributed by atoms with van der Waals surface area (Å²) in [7, 11) is 0. The number of phenolic OH excluding ortho intramolecular Hbond substituents is 1. The third-order valence-electron chi connectivity index (χ3n) is 3.66. The summed E-state index contributed by atoms with van der Waals surface area (Å²) in [5, 5.41) is 24.8. The Morgan fingerprint density at radius 3 is 2.72 bits per heavy atom. The molecule has 0 unspecified atom stereocenters. The number of hydrogen-bond donors (Lipinski definition) is 2. The molecule has 152 valence electrons. The van der Waals surface area contributed by atoms with Crippen LogP contribution in [-0.2, 0) is 11.2 Å². The fourth-order valence-corrected chi connectivity index (χ4v) is 3.06. The van der Waals surface area contributed by atoms with Gasteiger partial charge >= 0.3 is 0 Å². The van der Waals surface area contributed by atoms with Gasteiger partial charge < -0.3 is 9.84 Å². The average Bonchev–Trinajstić information content (AvgIpc) is 2.70. The van der Waals surface area contributed by atoms with Crippen LogP contribution in [0.25, 0.3) is 0 Å². The Hall–Kier alpha value is -3.33. The lowest BCUT2D eigenvalue weighted by atomic mass is 10.1. The van der Waals surface area contributed by atoms with E-state index in [-0.39, 0.29) is 23.1 Å². The molecule has 9 heteroatoms. The predicted molar refractivity (Wildman–Crippen MR) is 113 cm³/mol. The number of ether oxygens (including phenoxy) is 1. The second-order valence-corrected chi connectivity index (χ2v) is 6.83. The zero-order valence-corrected chi connectivity index (χ0v) is 16.6. The number of allylic oxidation sites excluding steroid dienone is 1. The summed E-state index contributed by atoms with van der Waals surface area (Å²) < 4.78 is 5.42. The van der Waals surface area contributed by atoms with Gasteiger partial charge in [0.1, 0.15) is 0 Å². The number of hydrogen-bond acceptors (Lipinski definition) is 7. The van der Waals surface area contributed by atoms with Crippen molar-refractivity contribution in [2.24, 2.45) is 5.10 Å². The minimum atomic E-state index is -0.476. The lowest BCUT2D eigenvalue weighted by Gasteiger charge is -2.10. The largest absolute Gasteiger partial charge is 0.504 e. The molecule has 0 aliphatic carbocycles. The number of amides is 1. The number of carbonyl (C=O) groups is 1. The predicted octanol–water partition coefficient (Wildman–Crippen LogP) is 3.67. The molecule has 2 rings (SSSR count). The summed E-state index contributed by atoms with van der Waals surface area (Å²) in [5.74, 6) is 0.192. The molecule has 0 bridgehead atoms. The normalized spacial score (nSPS) is 10.7. The van der Waals surface area contributed by atoms with Crippen LogP contribution in [0.3, 0.4) is 0 Å². The van der Waals surface area contributed by atoms with Crippen LogP contribution in [0.5, 0.6) is 11.5 Å². The van der Waals surface area contributed by atoms with Gasteiger partial charge in [0.05, 0.1) is 23.5 Å². The summed E-state index contributed by atoms with van der Waals surface area (Å²) in [6.07, 6.45) is 3.59. The molecule has 0 spiro atoms. The number of nitro benzene ring substituents is 1. The van der Waals surface area contributed by atoms with Gasteiger partial charge in [-0.25, -0.2) is 5.43 Å². The zero-order valence-electron chi connectivity index (χ0n) is 15.8. The van der Waals surface area contributed by atoms with Crippen LogP contribution in [-0.4, -0.2) is 34.5 Å². The molecule has 8 nitrogen and oxygen atoms in total. The van der Waals surface area contributed by atoms with Crippen molar-refractivity contribution in [1.82, 2.24) is 5.43 Å². The van der Waals surface area contributed by atoms with Crippen LogP contribution in [0.2, 0.25) is 0 Å². The van der Waals surface area contributed by atoms with E-state index in [0.29, 0.717) is 29.9 Å². The van der Waals surface area contributed by atoms with Gasteiger partial charge in [0.15, 0.2) is 11.5 Å². The number of carbonyl (C=O) groups excluding carboxylic acids is 1. The Morgan fingerprint density at radius 2 is 2.10 bits per heavy atom. The molecule has 29 heavy (non-hydrogen) atoms. The zero-order chi connectivity index (χ0) is 21.2. The van der Waals surface area contributed by atoms with Crippen molar-refractivity contribution in [3.05, 3.63) is 70.3 Å². The average molecular weight is 415 g/mol. The molecule has 0 atom stereocenters. The Labute approximate surface area is 172 Å². The number of rotatable bonds is 10. The van der Waals surface area contributed by atoms with Gasteiger partial charge in [-0.1, -0.05) is 6.08 Å². The smallest absolute Gasteiger partial charge is 0.269 e. The van der Waals surface area contributed by atoms with Gasteiger partial charge in [0.25, 0.3) is 5.69 Å². The lowest BCUT2D eigenvalue weighted by Crippen LogP contribution is -2.19. The molecule has 0 aliphatic rings. The van der Waals surface area contributed by atoms with Gasteiger partial charge in [-0.3, -0.25) is 14.9 Å². The molecule has 0 radical (unpaired) electrons. The first-order valence-corrected chi connectivity index (χ1v) is 9.71. The Balaban J connectivity index is 1.95. The Morgan fingerprint density at radius 1 is 1.38 bits per heavy atom. The first kappa shape index (κ1) is 22.0. The van der Waals surface area contributed by atoms with Crippen molar-refractivity contribution < 1.29 is 19.6 Å². The van der Waals surface area contributed by atoms with Crippen LogP contribution < -0.4 is 10.2 Å². The number of nitrogens with zero attached hydrogens (tertiary/aromatic N) is 2. The quantitative estimate of drug-likeness (QED) is 0.201. The fraction of sp³-hybridized carbons (Fsp3) is 0.200. The summed E-state index contributed by atoms with van der Waals surface area (Å²) >= 11 is 1.24. The first-order valence-electron chi connectivity index (χ1n) is 8.73. The topological polar surface area (TPSA) is 114 Å². The van der Waals surface area contributed by atoms with Crippen LogP contribution in [0.15, 0.2) is 59.1 Å². The Bertz CT molecular complexity index is 913. The standard InChI is InChI=1S/C20H21N3O5S/c1-3-5-15-10-14(11-18(20(15)25)28-4-2)12-21-22-19(24)13-29-17-8-6-16(7-9-17)23(26)27/h3,6-12,25H,1,4-5,13H2,2H3,(H,22,24)/b21-12+. The maximum atomic E-state index is 11.9. The molecule has 0 saturated heterocycles. The van der Waals surface area contributed by atoms with Crippen LogP contribution in [0.1, 0.15) is 18.1 Å². The lowest BCUT2D eigenvalue weighted by molar-refractivity contribution is -0.384. The third kappa shape index (κ3) is 6.65. The van der Waals surface area contributed by atoms with Crippen LogP contribution in [0, 0.1) is 10.1 Å². The third-order valence-corrected chi connectivity index (χ3v) is 4.67. The van der Waals surface area contributed by atoms with Crippen molar-refractivity contribution >= 4 is 29.6 Å². The van der Waals surface area contributed by atoms with Crippen molar-refractivity contribution in [1.29, 1.82) is 0 Å². The van der Waals surface area contributed by atoms with Crippen molar-refractivity contribution in [3.63, 3.8) is 0 Å². The second-order valence-electron chi connectivity index (χ2n) is 5.79. The maximum absolute atomic E-state index is 11.9. The molecule has 2 aromatic carbocycles. The SMILES string of the molecule is C=CCc1cc(/C=N/NC(=O)CSc2ccc([N+](=O)[O-])cc2)cc(OCC)c1O. The Kier molecular flexibility index (Phi) is 8.23. The summed E-state index contributed by atoms with van der Waals surface area (Å²) in [6.45, 7) is 5.89. The minimum Gasteiger partial charge on any atom is -0.504 e. The molecule has 0 saturated carbocycles. The highest BCUT2D eigenvalue weighted by Gasteiger charge is 2.10. The second kappa shape index (κ2) is 10.9. The highest BCUT2D eigenvalue weighted by molar-refractivity contribution is 8.00. The minimum absolute atomic E-state index is 0.000421. The van der Waals surface area contributed by atoms with Crippen molar-refractivity contribution in [2.45, 2.75) is 18.2 Å². The van der Waals surface area contributed by atoms with E-state index in [1.54, 1.807) is 30.3 Å². The molecular weight excluding hydrogens is 394 g/mol. The van der Waals surface area contributed by atoms with Crippen molar-refractivity contribution in [3.8, 4) is 11.5 Å². The maximum Gasteiger partial charge on any atom is 0.269 e.